The second-order valence-electron chi connectivity index (χ2n) is 11.0. The van der Waals surface area contributed by atoms with E-state index in [2.05, 4.69) is 59.2 Å². The third-order valence-electron chi connectivity index (χ3n) is 8.21. The highest BCUT2D eigenvalue weighted by Gasteiger charge is 2.15. The van der Waals surface area contributed by atoms with Crippen LogP contribution in [0.2, 0.25) is 0 Å². The molecule has 0 saturated heterocycles. The summed E-state index contributed by atoms with van der Waals surface area (Å²) >= 11 is 0. The Balaban J connectivity index is 1.29. The predicted molar refractivity (Wildman–Crippen MR) is 184 cm³/mol. The van der Waals surface area contributed by atoms with E-state index in [0.29, 0.717) is 16.6 Å². The van der Waals surface area contributed by atoms with Gasteiger partial charge in [0.15, 0.2) is 11.3 Å². The van der Waals surface area contributed by atoms with Gasteiger partial charge in [0.1, 0.15) is 0 Å². The Hall–Kier alpha value is -6.13. The Morgan fingerprint density at radius 1 is 0.400 bits per heavy atom. The van der Waals surface area contributed by atoms with E-state index in [1.165, 1.54) is 0 Å². The number of nitrogens with zero attached hydrogens (tertiary/aromatic N) is 3. The first-order chi connectivity index (χ1) is 22.2. The summed E-state index contributed by atoms with van der Waals surface area (Å²) in [6, 6.07) is 54.8. The molecule has 0 aliphatic heterocycles. The zero-order valence-electron chi connectivity index (χ0n) is 24.3. The van der Waals surface area contributed by atoms with Crippen LogP contribution in [-0.4, -0.2) is 14.5 Å². The molecule has 0 saturated carbocycles. The van der Waals surface area contributed by atoms with Crippen LogP contribution in [0.25, 0.3) is 72.5 Å². The lowest BCUT2D eigenvalue weighted by atomic mass is 9.98. The minimum atomic E-state index is 0.0293. The van der Waals surface area contributed by atoms with Gasteiger partial charge in [-0.15, -0.1) is 0 Å². The Morgan fingerprint density at radius 2 is 0.956 bits per heavy atom. The molecule has 0 radical (unpaired) electrons. The number of aromatic nitrogens is 3. The number of rotatable bonds is 5. The standard InChI is InChI=1S/C41H27N3O/c45-40-34-21-10-11-22-38(34)44(33-19-8-3-9-20-33)39-24-23-31(26-35(39)40)30-17-12-18-32(25-30)37-27-36(28-13-4-1-5-14-28)42-41(43-37)29-15-6-2-7-16-29/h1-27H. The van der Waals surface area contributed by atoms with Crippen LogP contribution in [0.3, 0.4) is 0 Å². The third kappa shape index (κ3) is 4.89. The second kappa shape index (κ2) is 11.2. The Labute approximate surface area is 260 Å². The van der Waals surface area contributed by atoms with Gasteiger partial charge in [-0.25, -0.2) is 9.97 Å². The van der Waals surface area contributed by atoms with Crippen molar-refractivity contribution in [1.29, 1.82) is 0 Å². The molecular weight excluding hydrogens is 550 g/mol. The maximum atomic E-state index is 13.9. The monoisotopic (exact) mass is 577 g/mol. The average molecular weight is 578 g/mol. The maximum absolute atomic E-state index is 13.9. The van der Waals surface area contributed by atoms with Gasteiger partial charge in [0, 0.05) is 33.2 Å². The van der Waals surface area contributed by atoms with Crippen LogP contribution in [0, 0.1) is 0 Å². The first-order valence-electron chi connectivity index (χ1n) is 15.0. The van der Waals surface area contributed by atoms with Crippen LogP contribution < -0.4 is 5.43 Å². The van der Waals surface area contributed by atoms with Crippen molar-refractivity contribution in [3.05, 3.63) is 174 Å². The molecule has 0 unspecified atom stereocenters. The number of pyridine rings is 1. The number of hydrogen-bond acceptors (Lipinski definition) is 3. The molecule has 4 heteroatoms. The van der Waals surface area contributed by atoms with E-state index >= 15 is 0 Å². The first kappa shape index (κ1) is 26.5. The summed E-state index contributed by atoms with van der Waals surface area (Å²) in [4.78, 5) is 23.8. The van der Waals surface area contributed by atoms with E-state index < -0.39 is 0 Å². The molecule has 0 bridgehead atoms. The maximum Gasteiger partial charge on any atom is 0.197 e. The molecule has 0 atom stereocenters. The summed E-state index contributed by atoms with van der Waals surface area (Å²) in [7, 11) is 0. The van der Waals surface area contributed by atoms with Gasteiger partial charge < -0.3 is 4.57 Å². The second-order valence-corrected chi connectivity index (χ2v) is 11.0. The molecule has 0 aliphatic carbocycles. The molecule has 0 fully saturated rings. The molecule has 0 aliphatic rings. The minimum absolute atomic E-state index is 0.0293. The van der Waals surface area contributed by atoms with E-state index in [9.17, 15) is 4.79 Å². The molecule has 0 N–H and O–H groups in total. The van der Waals surface area contributed by atoms with E-state index in [-0.39, 0.29) is 5.43 Å². The molecule has 6 aromatic carbocycles. The van der Waals surface area contributed by atoms with Crippen molar-refractivity contribution in [2.75, 3.05) is 0 Å². The van der Waals surface area contributed by atoms with E-state index in [0.717, 1.165) is 55.9 Å². The van der Waals surface area contributed by atoms with Crippen molar-refractivity contribution in [3.8, 4) is 50.7 Å². The number of benzene rings is 6. The Bertz CT molecular complexity index is 2320. The molecule has 8 aromatic rings. The fourth-order valence-electron chi connectivity index (χ4n) is 6.01. The van der Waals surface area contributed by atoms with Crippen LogP contribution in [0.4, 0.5) is 0 Å². The van der Waals surface area contributed by atoms with E-state index in [1.54, 1.807) is 0 Å². The lowest BCUT2D eigenvalue weighted by Gasteiger charge is -2.16. The van der Waals surface area contributed by atoms with Crippen molar-refractivity contribution in [3.63, 3.8) is 0 Å². The molecular formula is C41H27N3O. The van der Waals surface area contributed by atoms with Crippen molar-refractivity contribution < 1.29 is 0 Å². The Kier molecular flexibility index (Phi) is 6.58. The lowest BCUT2D eigenvalue weighted by molar-refractivity contribution is 1.16. The van der Waals surface area contributed by atoms with Crippen molar-refractivity contribution in [2.45, 2.75) is 0 Å². The van der Waals surface area contributed by atoms with Gasteiger partial charge >= 0.3 is 0 Å². The predicted octanol–water partition coefficient (Wildman–Crippen LogP) is 9.60. The fraction of sp³-hybridized carbons (Fsp3) is 0. The quantitative estimate of drug-likeness (QED) is 0.191. The summed E-state index contributed by atoms with van der Waals surface area (Å²) in [6.45, 7) is 0. The fourth-order valence-corrected chi connectivity index (χ4v) is 6.01. The molecule has 45 heavy (non-hydrogen) atoms. The summed E-state index contributed by atoms with van der Waals surface area (Å²) in [5.74, 6) is 0.677. The summed E-state index contributed by atoms with van der Waals surface area (Å²) in [6.07, 6.45) is 0. The normalized spacial score (nSPS) is 11.2. The Morgan fingerprint density at radius 3 is 1.71 bits per heavy atom. The van der Waals surface area contributed by atoms with Gasteiger partial charge in [0.2, 0.25) is 0 Å². The summed E-state index contributed by atoms with van der Waals surface area (Å²) in [5, 5.41) is 1.38. The SMILES string of the molecule is O=c1c2ccccc2n(-c2ccccc2)c2ccc(-c3cccc(-c4cc(-c5ccccc5)nc(-c5ccccc5)n4)c3)cc12. The molecule has 2 aromatic heterocycles. The minimum Gasteiger partial charge on any atom is -0.309 e. The first-order valence-corrected chi connectivity index (χ1v) is 15.0. The molecule has 0 amide bonds. The molecule has 212 valence electrons. The van der Waals surface area contributed by atoms with Crippen LogP contribution >= 0.6 is 0 Å². The van der Waals surface area contributed by atoms with Crippen molar-refractivity contribution in [1.82, 2.24) is 14.5 Å². The van der Waals surface area contributed by atoms with Gasteiger partial charge in [0.25, 0.3) is 0 Å². The zero-order chi connectivity index (χ0) is 30.2. The lowest BCUT2D eigenvalue weighted by Crippen LogP contribution is -2.10. The highest BCUT2D eigenvalue weighted by molar-refractivity contribution is 5.97. The third-order valence-corrected chi connectivity index (χ3v) is 8.21. The van der Waals surface area contributed by atoms with Crippen LogP contribution in [0.15, 0.2) is 169 Å². The van der Waals surface area contributed by atoms with Crippen LogP contribution in [0.1, 0.15) is 0 Å². The summed E-state index contributed by atoms with van der Waals surface area (Å²) < 4.78 is 2.17. The average Bonchev–Trinajstić information content (AvgIpc) is 3.13. The molecule has 8 rings (SSSR count). The highest BCUT2D eigenvalue weighted by atomic mass is 16.1. The van der Waals surface area contributed by atoms with Crippen LogP contribution in [-0.2, 0) is 0 Å². The number of fused-ring (bicyclic) bond motifs is 2. The van der Waals surface area contributed by atoms with Crippen LogP contribution in [0.5, 0.6) is 0 Å². The molecule has 0 spiro atoms. The summed E-state index contributed by atoms with van der Waals surface area (Å²) in [5.41, 5.74) is 9.46. The van der Waals surface area contributed by atoms with Crippen molar-refractivity contribution in [2.24, 2.45) is 0 Å². The number of hydrogen-bond donors (Lipinski definition) is 0. The smallest absolute Gasteiger partial charge is 0.197 e. The van der Waals surface area contributed by atoms with Gasteiger partial charge in [-0.2, -0.15) is 0 Å². The van der Waals surface area contributed by atoms with Crippen molar-refractivity contribution >= 4 is 21.8 Å². The van der Waals surface area contributed by atoms with E-state index in [1.807, 2.05) is 109 Å². The molecule has 2 heterocycles. The van der Waals surface area contributed by atoms with Gasteiger partial charge in [-0.1, -0.05) is 115 Å². The molecule has 4 nitrogen and oxygen atoms in total. The van der Waals surface area contributed by atoms with Gasteiger partial charge in [0.05, 0.1) is 22.4 Å². The highest BCUT2D eigenvalue weighted by Crippen LogP contribution is 2.32. The topological polar surface area (TPSA) is 47.8 Å². The van der Waals surface area contributed by atoms with Gasteiger partial charge in [-0.3, -0.25) is 4.79 Å². The number of para-hydroxylation sites is 2. The van der Waals surface area contributed by atoms with E-state index in [4.69, 9.17) is 9.97 Å². The largest absolute Gasteiger partial charge is 0.309 e. The van der Waals surface area contributed by atoms with Gasteiger partial charge in [-0.05, 0) is 59.7 Å². The zero-order valence-corrected chi connectivity index (χ0v) is 24.3.